The predicted molar refractivity (Wildman–Crippen MR) is 112 cm³/mol. The minimum absolute atomic E-state index is 0.0110. The number of aryl methyl sites for hydroxylation is 1. The van der Waals surface area contributed by atoms with Gasteiger partial charge in [-0.3, -0.25) is 9.59 Å². The molecule has 0 unspecified atom stereocenters. The number of fused-ring (bicyclic) bond motifs is 1. The Morgan fingerprint density at radius 2 is 1.75 bits per heavy atom. The molecule has 1 aliphatic heterocycles. The Balaban J connectivity index is 1.56. The van der Waals surface area contributed by atoms with Crippen LogP contribution in [-0.4, -0.2) is 24.1 Å². The molecule has 0 atom stereocenters. The van der Waals surface area contributed by atoms with Gasteiger partial charge in [-0.15, -0.1) is 0 Å². The summed E-state index contributed by atoms with van der Waals surface area (Å²) in [6.45, 7) is 2.79. The third-order valence-corrected chi connectivity index (χ3v) is 4.89. The standard InChI is InChI=1S/C23H27N3O2/c1-2-9-20(18-10-4-3-5-11-18)24-25-22(27)15-16-23(28)26-17-8-13-19-12-6-7-14-21(19)26/h3-7,10-12,14H,2,8-9,13,15-17H2,1H3,(H,25,27)/b24-20+. The second-order valence-electron chi connectivity index (χ2n) is 6.99. The molecule has 0 saturated heterocycles. The van der Waals surface area contributed by atoms with Gasteiger partial charge in [0, 0.05) is 25.1 Å². The smallest absolute Gasteiger partial charge is 0.240 e. The highest BCUT2D eigenvalue weighted by Gasteiger charge is 2.22. The highest BCUT2D eigenvalue weighted by Crippen LogP contribution is 2.27. The summed E-state index contributed by atoms with van der Waals surface area (Å²) in [4.78, 5) is 26.7. The molecule has 146 valence electrons. The molecule has 3 rings (SSSR count). The molecule has 1 N–H and O–H groups in total. The number of anilines is 1. The van der Waals surface area contributed by atoms with E-state index in [0.29, 0.717) is 6.54 Å². The van der Waals surface area contributed by atoms with Crippen LogP contribution in [0, 0.1) is 0 Å². The van der Waals surface area contributed by atoms with E-state index in [1.165, 1.54) is 5.56 Å². The van der Waals surface area contributed by atoms with Crippen molar-refractivity contribution in [1.29, 1.82) is 0 Å². The largest absolute Gasteiger partial charge is 0.312 e. The Hall–Kier alpha value is -2.95. The highest BCUT2D eigenvalue weighted by atomic mass is 16.2. The van der Waals surface area contributed by atoms with Crippen molar-refractivity contribution >= 4 is 23.2 Å². The van der Waals surface area contributed by atoms with Crippen LogP contribution in [0.5, 0.6) is 0 Å². The molecule has 1 aliphatic rings. The van der Waals surface area contributed by atoms with Crippen molar-refractivity contribution in [1.82, 2.24) is 5.43 Å². The molecule has 2 amide bonds. The first-order chi connectivity index (χ1) is 13.7. The minimum atomic E-state index is -0.233. The maximum absolute atomic E-state index is 12.6. The van der Waals surface area contributed by atoms with Gasteiger partial charge in [0.2, 0.25) is 11.8 Å². The number of carbonyl (C=O) groups excluding carboxylic acids is 2. The van der Waals surface area contributed by atoms with Gasteiger partial charge in [0.25, 0.3) is 0 Å². The van der Waals surface area contributed by atoms with Crippen LogP contribution >= 0.6 is 0 Å². The SMILES string of the molecule is CCC/C(=N\NC(=O)CCC(=O)N1CCCc2ccccc21)c1ccccc1. The molecule has 0 fully saturated rings. The number of hydrazone groups is 1. The van der Waals surface area contributed by atoms with Crippen LogP contribution in [0.4, 0.5) is 5.69 Å². The van der Waals surface area contributed by atoms with E-state index in [1.807, 2.05) is 53.4 Å². The number of benzene rings is 2. The molecular formula is C23H27N3O2. The number of hydrogen-bond acceptors (Lipinski definition) is 3. The van der Waals surface area contributed by atoms with Crippen LogP contribution in [0.1, 0.15) is 50.2 Å². The Morgan fingerprint density at radius 1 is 1.00 bits per heavy atom. The monoisotopic (exact) mass is 377 g/mol. The summed E-state index contributed by atoms with van der Waals surface area (Å²) >= 11 is 0. The first-order valence-corrected chi connectivity index (χ1v) is 9.98. The van der Waals surface area contributed by atoms with Crippen molar-refractivity contribution in [2.75, 3.05) is 11.4 Å². The van der Waals surface area contributed by atoms with Crippen molar-refractivity contribution < 1.29 is 9.59 Å². The minimum Gasteiger partial charge on any atom is -0.312 e. The molecule has 1 heterocycles. The number of amides is 2. The first-order valence-electron chi connectivity index (χ1n) is 9.98. The molecule has 0 aromatic heterocycles. The highest BCUT2D eigenvalue weighted by molar-refractivity contribution is 6.01. The molecule has 5 heteroatoms. The van der Waals surface area contributed by atoms with Gasteiger partial charge in [-0.25, -0.2) is 5.43 Å². The quantitative estimate of drug-likeness (QED) is 0.584. The van der Waals surface area contributed by atoms with Gasteiger partial charge in [0.05, 0.1) is 5.71 Å². The molecule has 0 saturated carbocycles. The van der Waals surface area contributed by atoms with Crippen molar-refractivity contribution in [3.05, 3.63) is 65.7 Å². The van der Waals surface area contributed by atoms with Gasteiger partial charge in [-0.05, 0) is 36.5 Å². The summed E-state index contributed by atoms with van der Waals surface area (Å²) in [7, 11) is 0. The Labute approximate surface area is 166 Å². The van der Waals surface area contributed by atoms with Crippen molar-refractivity contribution in [3.63, 3.8) is 0 Å². The van der Waals surface area contributed by atoms with Gasteiger partial charge in [0.15, 0.2) is 0 Å². The number of hydrogen-bond donors (Lipinski definition) is 1. The number of carbonyl (C=O) groups is 2. The van der Waals surface area contributed by atoms with Gasteiger partial charge < -0.3 is 4.90 Å². The van der Waals surface area contributed by atoms with Gasteiger partial charge in [-0.2, -0.15) is 5.10 Å². The lowest BCUT2D eigenvalue weighted by molar-refractivity contribution is -0.125. The van der Waals surface area contributed by atoms with Crippen LogP contribution in [-0.2, 0) is 16.0 Å². The number of para-hydroxylation sites is 1. The van der Waals surface area contributed by atoms with Crippen molar-refractivity contribution in [2.24, 2.45) is 5.10 Å². The average molecular weight is 377 g/mol. The second kappa shape index (κ2) is 9.83. The van der Waals surface area contributed by atoms with E-state index >= 15 is 0 Å². The normalized spacial score (nSPS) is 13.8. The summed E-state index contributed by atoms with van der Waals surface area (Å²) in [5.41, 5.74) is 6.66. The zero-order valence-electron chi connectivity index (χ0n) is 16.4. The maximum atomic E-state index is 12.6. The average Bonchev–Trinajstić information content (AvgIpc) is 2.75. The van der Waals surface area contributed by atoms with Crippen molar-refractivity contribution in [2.45, 2.75) is 45.4 Å². The van der Waals surface area contributed by atoms with E-state index in [4.69, 9.17) is 0 Å². The lowest BCUT2D eigenvalue weighted by Crippen LogP contribution is -2.36. The second-order valence-corrected chi connectivity index (χ2v) is 6.99. The molecule has 0 bridgehead atoms. The summed E-state index contributed by atoms with van der Waals surface area (Å²) in [6, 6.07) is 17.8. The van der Waals surface area contributed by atoms with E-state index in [1.54, 1.807) is 0 Å². The van der Waals surface area contributed by atoms with Crippen LogP contribution in [0.25, 0.3) is 0 Å². The van der Waals surface area contributed by atoms with E-state index < -0.39 is 0 Å². The molecular weight excluding hydrogens is 350 g/mol. The van der Waals surface area contributed by atoms with E-state index in [2.05, 4.69) is 23.5 Å². The maximum Gasteiger partial charge on any atom is 0.240 e. The molecule has 0 aliphatic carbocycles. The van der Waals surface area contributed by atoms with Crippen LogP contribution < -0.4 is 10.3 Å². The van der Waals surface area contributed by atoms with Crippen molar-refractivity contribution in [3.8, 4) is 0 Å². The lowest BCUT2D eigenvalue weighted by atomic mass is 10.0. The van der Waals surface area contributed by atoms with Crippen LogP contribution in [0.2, 0.25) is 0 Å². The zero-order chi connectivity index (χ0) is 19.8. The Kier molecular flexibility index (Phi) is 6.95. The fourth-order valence-electron chi connectivity index (χ4n) is 3.47. The summed E-state index contributed by atoms with van der Waals surface area (Å²) in [5, 5.41) is 4.30. The molecule has 28 heavy (non-hydrogen) atoms. The number of rotatable bonds is 7. The molecule has 0 radical (unpaired) electrons. The summed E-state index contributed by atoms with van der Waals surface area (Å²) in [6.07, 6.45) is 4.00. The molecule has 2 aromatic carbocycles. The van der Waals surface area contributed by atoms with E-state index in [0.717, 1.165) is 42.6 Å². The lowest BCUT2D eigenvalue weighted by Gasteiger charge is -2.29. The molecule has 0 spiro atoms. The fraction of sp³-hybridized carbons (Fsp3) is 0.348. The van der Waals surface area contributed by atoms with E-state index in [9.17, 15) is 9.59 Å². The first kappa shape index (κ1) is 19.8. The topological polar surface area (TPSA) is 61.8 Å². The van der Waals surface area contributed by atoms with Gasteiger partial charge in [-0.1, -0.05) is 61.9 Å². The van der Waals surface area contributed by atoms with E-state index in [-0.39, 0.29) is 24.7 Å². The fourth-order valence-corrected chi connectivity index (χ4v) is 3.47. The number of nitrogens with one attached hydrogen (secondary N) is 1. The molecule has 5 nitrogen and oxygen atoms in total. The number of nitrogens with zero attached hydrogens (tertiary/aromatic N) is 2. The summed E-state index contributed by atoms with van der Waals surface area (Å²) in [5.74, 6) is -0.244. The third-order valence-electron chi connectivity index (χ3n) is 4.89. The Bertz CT molecular complexity index is 846. The summed E-state index contributed by atoms with van der Waals surface area (Å²) < 4.78 is 0. The van der Waals surface area contributed by atoms with Gasteiger partial charge >= 0.3 is 0 Å². The van der Waals surface area contributed by atoms with Crippen LogP contribution in [0.3, 0.4) is 0 Å². The Morgan fingerprint density at radius 3 is 2.54 bits per heavy atom. The predicted octanol–water partition coefficient (Wildman–Crippen LogP) is 4.07. The third kappa shape index (κ3) is 5.06. The molecule has 2 aromatic rings. The van der Waals surface area contributed by atoms with Crippen LogP contribution in [0.15, 0.2) is 59.7 Å². The van der Waals surface area contributed by atoms with Gasteiger partial charge in [0.1, 0.15) is 0 Å². The zero-order valence-corrected chi connectivity index (χ0v) is 16.4.